The lowest BCUT2D eigenvalue weighted by atomic mass is 9.77. The number of anilines is 1. The predicted molar refractivity (Wildman–Crippen MR) is 103 cm³/mol. The van der Waals surface area contributed by atoms with Crippen LogP contribution in [0.1, 0.15) is 63.7 Å². The van der Waals surface area contributed by atoms with E-state index in [4.69, 9.17) is 10.3 Å². The summed E-state index contributed by atoms with van der Waals surface area (Å²) in [6, 6.07) is 7.70. The maximum absolute atomic E-state index is 12.0. The molecule has 0 atom stereocenters. The van der Waals surface area contributed by atoms with Gasteiger partial charge in [0.15, 0.2) is 5.82 Å². The molecule has 1 saturated carbocycles. The zero-order chi connectivity index (χ0) is 18.1. The molecular weight excluding hydrogens is 352 g/mol. The Kier molecular flexibility index (Phi) is 6.09. The predicted octanol–water partition coefficient (Wildman–Crippen LogP) is 3.79. The van der Waals surface area contributed by atoms with Crippen molar-refractivity contribution in [1.82, 2.24) is 10.1 Å². The van der Waals surface area contributed by atoms with Gasteiger partial charge in [-0.1, -0.05) is 38.1 Å². The van der Waals surface area contributed by atoms with E-state index >= 15 is 0 Å². The standard InChI is InChI=1S/C19H26N4O2.ClH/c1-18(2,3)12-15(24)21-14-7-5-13(6-8-14)11-16-22-17(23-25-16)19(20)9-4-10-19;/h5-8H,4,9-12,20H2,1-3H3,(H,21,24);1H. The Bertz CT molecular complexity index is 746. The number of carbonyl (C=O) groups is 1. The average Bonchev–Trinajstić information content (AvgIpc) is 2.93. The first kappa shape index (κ1) is 20.4. The number of aromatic nitrogens is 2. The van der Waals surface area contributed by atoms with Crippen molar-refractivity contribution in [2.75, 3.05) is 5.32 Å². The molecule has 1 heterocycles. The molecule has 0 spiro atoms. The first-order valence-electron chi connectivity index (χ1n) is 8.74. The molecule has 1 aromatic carbocycles. The number of nitrogens with zero attached hydrogens (tertiary/aromatic N) is 2. The molecule has 0 bridgehead atoms. The fourth-order valence-electron chi connectivity index (χ4n) is 2.88. The van der Waals surface area contributed by atoms with Crippen LogP contribution in [0.3, 0.4) is 0 Å². The van der Waals surface area contributed by atoms with Gasteiger partial charge in [0.25, 0.3) is 0 Å². The Morgan fingerprint density at radius 3 is 2.46 bits per heavy atom. The van der Waals surface area contributed by atoms with Crippen molar-refractivity contribution < 1.29 is 9.32 Å². The molecule has 1 aromatic heterocycles. The lowest BCUT2D eigenvalue weighted by molar-refractivity contribution is -0.117. The summed E-state index contributed by atoms with van der Waals surface area (Å²) in [6.45, 7) is 6.14. The van der Waals surface area contributed by atoms with Crippen molar-refractivity contribution in [2.24, 2.45) is 11.1 Å². The minimum atomic E-state index is -0.400. The molecule has 1 amide bonds. The molecule has 26 heavy (non-hydrogen) atoms. The first-order chi connectivity index (χ1) is 11.7. The maximum atomic E-state index is 12.0. The molecule has 3 N–H and O–H groups in total. The normalized spacial score (nSPS) is 15.7. The molecule has 142 valence electrons. The number of nitrogens with two attached hydrogens (primary N) is 1. The molecule has 0 unspecified atom stereocenters. The number of amides is 1. The van der Waals surface area contributed by atoms with Gasteiger partial charge in [-0.3, -0.25) is 4.79 Å². The zero-order valence-electron chi connectivity index (χ0n) is 15.5. The molecule has 3 rings (SSSR count). The number of benzene rings is 1. The lowest BCUT2D eigenvalue weighted by Gasteiger charge is -2.34. The van der Waals surface area contributed by atoms with Gasteiger partial charge in [-0.05, 0) is 42.4 Å². The van der Waals surface area contributed by atoms with Crippen molar-refractivity contribution in [1.29, 1.82) is 0 Å². The van der Waals surface area contributed by atoms with Gasteiger partial charge in [0.05, 0.1) is 12.0 Å². The van der Waals surface area contributed by atoms with E-state index in [9.17, 15) is 4.79 Å². The highest BCUT2D eigenvalue weighted by atomic mass is 35.5. The van der Waals surface area contributed by atoms with Gasteiger partial charge in [-0.2, -0.15) is 4.98 Å². The minimum Gasteiger partial charge on any atom is -0.339 e. The van der Waals surface area contributed by atoms with Crippen molar-refractivity contribution >= 4 is 24.0 Å². The number of halogens is 1. The highest BCUT2D eigenvalue weighted by molar-refractivity contribution is 5.91. The fourth-order valence-corrected chi connectivity index (χ4v) is 2.88. The van der Waals surface area contributed by atoms with Crippen LogP contribution in [0.4, 0.5) is 5.69 Å². The monoisotopic (exact) mass is 378 g/mol. The molecule has 7 heteroatoms. The Hall–Kier alpha value is -1.92. The number of hydrogen-bond donors (Lipinski definition) is 2. The van der Waals surface area contributed by atoms with Gasteiger partial charge in [0.2, 0.25) is 11.8 Å². The van der Waals surface area contributed by atoms with Crippen LogP contribution in [-0.2, 0) is 16.8 Å². The zero-order valence-corrected chi connectivity index (χ0v) is 16.4. The second-order valence-corrected chi connectivity index (χ2v) is 8.18. The van der Waals surface area contributed by atoms with Crippen LogP contribution >= 0.6 is 12.4 Å². The van der Waals surface area contributed by atoms with E-state index in [-0.39, 0.29) is 23.7 Å². The molecule has 2 aromatic rings. The third kappa shape index (κ3) is 5.05. The van der Waals surface area contributed by atoms with Crippen LogP contribution < -0.4 is 11.1 Å². The molecule has 1 fully saturated rings. The molecule has 0 radical (unpaired) electrons. The van der Waals surface area contributed by atoms with Gasteiger partial charge in [-0.15, -0.1) is 12.4 Å². The SMILES string of the molecule is CC(C)(C)CC(=O)Nc1ccc(Cc2nc(C3(N)CCC3)no2)cc1.Cl. The summed E-state index contributed by atoms with van der Waals surface area (Å²) < 4.78 is 5.33. The van der Waals surface area contributed by atoms with Crippen LogP contribution in [-0.4, -0.2) is 16.0 Å². The van der Waals surface area contributed by atoms with E-state index in [1.807, 2.05) is 45.0 Å². The smallest absolute Gasteiger partial charge is 0.231 e. The molecule has 6 nitrogen and oxygen atoms in total. The van der Waals surface area contributed by atoms with Gasteiger partial charge in [0, 0.05) is 12.1 Å². The number of hydrogen-bond acceptors (Lipinski definition) is 5. The van der Waals surface area contributed by atoms with Gasteiger partial charge in [0.1, 0.15) is 0 Å². The first-order valence-corrected chi connectivity index (χ1v) is 8.74. The van der Waals surface area contributed by atoms with Crippen LogP contribution in [0.25, 0.3) is 0 Å². The van der Waals surface area contributed by atoms with E-state index in [2.05, 4.69) is 15.5 Å². The summed E-state index contributed by atoms with van der Waals surface area (Å²) in [7, 11) is 0. The van der Waals surface area contributed by atoms with E-state index in [1.54, 1.807) is 0 Å². The topological polar surface area (TPSA) is 94.0 Å². The second kappa shape index (κ2) is 7.76. The van der Waals surface area contributed by atoms with E-state index in [1.165, 1.54) is 0 Å². The molecule has 0 saturated heterocycles. The Morgan fingerprint density at radius 1 is 1.27 bits per heavy atom. The third-order valence-corrected chi connectivity index (χ3v) is 4.44. The van der Waals surface area contributed by atoms with Crippen molar-refractivity contribution in [3.8, 4) is 0 Å². The van der Waals surface area contributed by atoms with Crippen LogP contribution in [0.15, 0.2) is 28.8 Å². The van der Waals surface area contributed by atoms with Crippen molar-refractivity contribution in [3.63, 3.8) is 0 Å². The molecule has 1 aliphatic rings. The number of nitrogens with one attached hydrogen (secondary N) is 1. The van der Waals surface area contributed by atoms with Crippen molar-refractivity contribution in [2.45, 2.75) is 58.4 Å². The molecule has 1 aliphatic carbocycles. The molecular formula is C19H27ClN4O2. The average molecular weight is 379 g/mol. The van der Waals surface area contributed by atoms with Gasteiger partial charge < -0.3 is 15.6 Å². The minimum absolute atomic E-state index is 0. The summed E-state index contributed by atoms with van der Waals surface area (Å²) in [5.41, 5.74) is 7.62. The summed E-state index contributed by atoms with van der Waals surface area (Å²) in [4.78, 5) is 16.4. The Labute approximate surface area is 160 Å². The third-order valence-electron chi connectivity index (χ3n) is 4.44. The summed E-state index contributed by atoms with van der Waals surface area (Å²) in [5, 5.41) is 6.95. The summed E-state index contributed by atoms with van der Waals surface area (Å²) in [5.74, 6) is 1.20. The second-order valence-electron chi connectivity index (χ2n) is 8.18. The van der Waals surface area contributed by atoms with Gasteiger partial charge >= 0.3 is 0 Å². The lowest BCUT2D eigenvalue weighted by Crippen LogP contribution is -2.44. The Balaban J connectivity index is 0.00000243. The van der Waals surface area contributed by atoms with Gasteiger partial charge in [-0.25, -0.2) is 0 Å². The molecule has 0 aliphatic heterocycles. The summed E-state index contributed by atoms with van der Waals surface area (Å²) >= 11 is 0. The summed E-state index contributed by atoms with van der Waals surface area (Å²) in [6.07, 6.45) is 3.98. The van der Waals surface area contributed by atoms with Crippen LogP contribution in [0.2, 0.25) is 0 Å². The van der Waals surface area contributed by atoms with E-state index in [0.29, 0.717) is 24.6 Å². The largest absolute Gasteiger partial charge is 0.339 e. The van der Waals surface area contributed by atoms with E-state index < -0.39 is 5.54 Å². The maximum Gasteiger partial charge on any atom is 0.231 e. The van der Waals surface area contributed by atoms with Crippen molar-refractivity contribution in [3.05, 3.63) is 41.5 Å². The number of rotatable bonds is 5. The highest BCUT2D eigenvalue weighted by Crippen LogP contribution is 2.36. The van der Waals surface area contributed by atoms with Crippen LogP contribution in [0, 0.1) is 5.41 Å². The quantitative estimate of drug-likeness (QED) is 0.825. The highest BCUT2D eigenvalue weighted by Gasteiger charge is 2.38. The van der Waals surface area contributed by atoms with Crippen LogP contribution in [0.5, 0.6) is 0 Å². The fraction of sp³-hybridized carbons (Fsp3) is 0.526. The van der Waals surface area contributed by atoms with E-state index in [0.717, 1.165) is 30.5 Å². The Morgan fingerprint density at radius 2 is 1.92 bits per heavy atom. The number of carbonyl (C=O) groups excluding carboxylic acids is 1.